The van der Waals surface area contributed by atoms with Gasteiger partial charge in [0.15, 0.2) is 0 Å². The van der Waals surface area contributed by atoms with Gasteiger partial charge in [-0.1, -0.05) is 70.8 Å². The molecule has 1 aliphatic carbocycles. The molecule has 1 atom stereocenters. The number of nitrogens with one attached hydrogen (secondary N) is 4. The van der Waals surface area contributed by atoms with Crippen molar-refractivity contribution in [1.82, 2.24) is 25.9 Å². The van der Waals surface area contributed by atoms with Gasteiger partial charge in [-0.15, -0.1) is 5.10 Å². The third kappa shape index (κ3) is 6.63. The molecule has 0 saturated heterocycles. The maximum atomic E-state index is 13.0. The lowest BCUT2D eigenvalue weighted by molar-refractivity contribution is 0.102. The quantitative estimate of drug-likeness (QED) is 0.201. The molecule has 11 heteroatoms. The molecule has 1 aromatic heterocycles. The van der Waals surface area contributed by atoms with Crippen molar-refractivity contribution in [3.63, 3.8) is 0 Å². The summed E-state index contributed by atoms with van der Waals surface area (Å²) in [7, 11) is 0. The zero-order valence-electron chi connectivity index (χ0n) is 20.7. The number of tetrazole rings is 1. The molecule has 0 saturated carbocycles. The predicted molar refractivity (Wildman–Crippen MR) is 152 cm³/mol. The minimum atomic E-state index is -0.489. The Bertz CT molecular complexity index is 1490. The Morgan fingerprint density at radius 3 is 2.26 bits per heavy atom. The fourth-order valence-electron chi connectivity index (χ4n) is 4.44. The average Bonchev–Trinajstić information content (AvgIpc) is 3.47. The first-order valence-electron chi connectivity index (χ1n) is 12.4. The standard InChI is InChI=1S/C28H25Cl2N7O2/c29-23-15-14-22(16-24(23)30)31-28(39)32-25(19-8-6-18(7-9-19)17-4-2-1-3-5-17)20-10-12-21(13-11-20)26(38)33-27-34-36-37-35-27/h4,6-16,25H,1-3,5H2,(H2,31,32,39)(H2,33,34,35,36,37,38). The number of carbonyl (C=O) groups is 2. The van der Waals surface area contributed by atoms with Crippen molar-refractivity contribution < 1.29 is 9.59 Å². The summed E-state index contributed by atoms with van der Waals surface area (Å²) >= 11 is 12.1. The van der Waals surface area contributed by atoms with Crippen LogP contribution in [0.4, 0.5) is 16.4 Å². The van der Waals surface area contributed by atoms with E-state index in [1.807, 2.05) is 12.1 Å². The van der Waals surface area contributed by atoms with Crippen molar-refractivity contribution in [3.8, 4) is 0 Å². The van der Waals surface area contributed by atoms with Crippen LogP contribution in [-0.2, 0) is 0 Å². The molecule has 0 radical (unpaired) electrons. The Balaban J connectivity index is 1.38. The van der Waals surface area contributed by atoms with Crippen molar-refractivity contribution in [1.29, 1.82) is 0 Å². The molecule has 0 fully saturated rings. The summed E-state index contributed by atoms with van der Waals surface area (Å²) in [6.07, 6.45) is 6.89. The molecule has 1 unspecified atom stereocenters. The second-order valence-electron chi connectivity index (χ2n) is 9.07. The third-order valence-electron chi connectivity index (χ3n) is 6.44. The van der Waals surface area contributed by atoms with E-state index in [1.54, 1.807) is 42.5 Å². The lowest BCUT2D eigenvalue weighted by atomic mass is 9.91. The van der Waals surface area contributed by atoms with Crippen molar-refractivity contribution in [3.05, 3.63) is 105 Å². The fraction of sp³-hybridized carbons (Fsp3) is 0.179. The third-order valence-corrected chi connectivity index (χ3v) is 7.17. The number of urea groups is 1. The van der Waals surface area contributed by atoms with Gasteiger partial charge in [-0.3, -0.25) is 10.1 Å². The highest BCUT2D eigenvalue weighted by atomic mass is 35.5. The zero-order valence-corrected chi connectivity index (χ0v) is 22.3. The van der Waals surface area contributed by atoms with E-state index in [0.717, 1.165) is 24.0 Å². The number of halogens is 2. The van der Waals surface area contributed by atoms with Crippen LogP contribution in [0.15, 0.2) is 72.8 Å². The van der Waals surface area contributed by atoms with Crippen molar-refractivity contribution in [2.24, 2.45) is 0 Å². The summed E-state index contributed by atoms with van der Waals surface area (Å²) in [4.78, 5) is 25.6. The minimum Gasteiger partial charge on any atom is -0.327 e. The largest absolute Gasteiger partial charge is 0.327 e. The molecule has 0 bridgehead atoms. The lowest BCUT2D eigenvalue weighted by Gasteiger charge is -2.21. The van der Waals surface area contributed by atoms with Crippen LogP contribution in [0.3, 0.4) is 0 Å². The first kappa shape index (κ1) is 26.4. The van der Waals surface area contributed by atoms with Crippen molar-refractivity contribution in [2.45, 2.75) is 31.7 Å². The van der Waals surface area contributed by atoms with Gasteiger partial charge >= 0.3 is 6.03 Å². The number of aromatic amines is 1. The summed E-state index contributed by atoms with van der Waals surface area (Å²) in [5.41, 5.74) is 5.14. The number of anilines is 2. The van der Waals surface area contributed by atoms with E-state index < -0.39 is 12.1 Å². The summed E-state index contributed by atoms with van der Waals surface area (Å²) < 4.78 is 0. The van der Waals surface area contributed by atoms with Crippen molar-refractivity contribution >= 4 is 52.3 Å². The topological polar surface area (TPSA) is 125 Å². The maximum Gasteiger partial charge on any atom is 0.319 e. The van der Waals surface area contributed by atoms with Gasteiger partial charge in [0.25, 0.3) is 11.9 Å². The van der Waals surface area contributed by atoms with E-state index in [0.29, 0.717) is 21.3 Å². The second kappa shape index (κ2) is 12.1. The molecule has 1 heterocycles. The summed E-state index contributed by atoms with van der Waals surface area (Å²) in [5, 5.41) is 22.3. The number of aromatic nitrogens is 4. The predicted octanol–water partition coefficient (Wildman–Crippen LogP) is 6.63. The normalized spacial score (nSPS) is 13.7. The van der Waals surface area contributed by atoms with Crippen LogP contribution in [0.1, 0.15) is 58.8 Å². The van der Waals surface area contributed by atoms with Crippen LogP contribution in [0.5, 0.6) is 0 Å². The molecule has 3 amide bonds. The zero-order chi connectivity index (χ0) is 27.2. The number of benzene rings is 3. The highest BCUT2D eigenvalue weighted by molar-refractivity contribution is 6.42. The molecule has 39 heavy (non-hydrogen) atoms. The van der Waals surface area contributed by atoms with Gasteiger partial charge in [-0.25, -0.2) is 4.79 Å². The molecule has 4 N–H and O–H groups in total. The second-order valence-corrected chi connectivity index (χ2v) is 9.88. The van der Waals surface area contributed by atoms with Crippen LogP contribution in [0.25, 0.3) is 5.57 Å². The van der Waals surface area contributed by atoms with E-state index in [4.69, 9.17) is 23.2 Å². The Morgan fingerprint density at radius 1 is 0.872 bits per heavy atom. The van der Waals surface area contributed by atoms with Gasteiger partial charge < -0.3 is 10.6 Å². The molecule has 0 aliphatic heterocycles. The summed E-state index contributed by atoms with van der Waals surface area (Å²) in [5.74, 6) is -0.300. The van der Waals surface area contributed by atoms with E-state index in [-0.39, 0.29) is 11.9 Å². The Labute approximate surface area is 235 Å². The van der Waals surface area contributed by atoms with Gasteiger partial charge in [0.2, 0.25) is 0 Å². The maximum absolute atomic E-state index is 13.0. The highest BCUT2D eigenvalue weighted by Gasteiger charge is 2.19. The minimum absolute atomic E-state index is 0.0794. The van der Waals surface area contributed by atoms with Crippen LogP contribution in [0.2, 0.25) is 10.0 Å². The number of rotatable bonds is 7. The van der Waals surface area contributed by atoms with Crippen LogP contribution < -0.4 is 16.0 Å². The highest BCUT2D eigenvalue weighted by Crippen LogP contribution is 2.30. The molecule has 9 nitrogen and oxygen atoms in total. The molecule has 0 spiro atoms. The van der Waals surface area contributed by atoms with E-state index in [2.05, 4.69) is 54.8 Å². The lowest BCUT2D eigenvalue weighted by Crippen LogP contribution is -2.33. The number of amides is 3. The molecule has 198 valence electrons. The monoisotopic (exact) mass is 561 g/mol. The van der Waals surface area contributed by atoms with Gasteiger partial charge in [0.05, 0.1) is 16.1 Å². The van der Waals surface area contributed by atoms with E-state index >= 15 is 0 Å². The molecule has 4 aromatic rings. The molecular weight excluding hydrogens is 537 g/mol. The number of nitrogens with zero attached hydrogens (tertiary/aromatic N) is 3. The number of H-pyrrole nitrogens is 1. The number of hydrogen-bond donors (Lipinski definition) is 4. The van der Waals surface area contributed by atoms with E-state index in [1.165, 1.54) is 24.0 Å². The molecule has 3 aromatic carbocycles. The Hall–Kier alpha value is -4.21. The first-order chi connectivity index (χ1) is 19.0. The molecular formula is C28H25Cl2N7O2. The van der Waals surface area contributed by atoms with Gasteiger partial charge in [0, 0.05) is 11.3 Å². The summed E-state index contributed by atoms with van der Waals surface area (Å²) in [6.45, 7) is 0. The number of carbonyl (C=O) groups excluding carboxylic acids is 2. The number of hydrogen-bond acceptors (Lipinski definition) is 5. The van der Waals surface area contributed by atoms with Gasteiger partial charge in [0.1, 0.15) is 0 Å². The Morgan fingerprint density at radius 2 is 1.62 bits per heavy atom. The van der Waals surface area contributed by atoms with Gasteiger partial charge in [-0.05, 0) is 83.5 Å². The van der Waals surface area contributed by atoms with E-state index in [9.17, 15) is 9.59 Å². The first-order valence-corrected chi connectivity index (χ1v) is 13.2. The number of allylic oxidation sites excluding steroid dienone is 2. The van der Waals surface area contributed by atoms with Crippen LogP contribution in [-0.4, -0.2) is 32.6 Å². The average molecular weight is 562 g/mol. The van der Waals surface area contributed by atoms with Crippen LogP contribution >= 0.6 is 23.2 Å². The van der Waals surface area contributed by atoms with Gasteiger partial charge in [-0.2, -0.15) is 5.21 Å². The fourth-order valence-corrected chi connectivity index (χ4v) is 4.73. The van der Waals surface area contributed by atoms with Crippen LogP contribution in [0, 0.1) is 0 Å². The SMILES string of the molecule is O=C(Nc1ccc(Cl)c(Cl)c1)NC(c1ccc(C(=O)Nc2nn[nH]n2)cc1)c1ccc(C2=CCCCC2)cc1. The van der Waals surface area contributed by atoms with Crippen molar-refractivity contribution in [2.75, 3.05) is 10.6 Å². The Kier molecular flexibility index (Phi) is 8.19. The molecule has 1 aliphatic rings. The summed E-state index contributed by atoms with van der Waals surface area (Å²) in [6, 6.07) is 19.1. The smallest absolute Gasteiger partial charge is 0.319 e. The molecule has 5 rings (SSSR count).